The summed E-state index contributed by atoms with van der Waals surface area (Å²) in [6.45, 7) is 20.4. The lowest BCUT2D eigenvalue weighted by Crippen LogP contribution is -2.72. The highest BCUT2D eigenvalue weighted by atomic mass is 16.6. The first-order chi connectivity index (χ1) is 22.3. The Morgan fingerprint density at radius 2 is 1.40 bits per heavy atom. The Bertz CT molecular complexity index is 1280. The van der Waals surface area contributed by atoms with Gasteiger partial charge < -0.3 is 29.9 Å². The first kappa shape index (κ1) is 37.8. The molecule has 0 radical (unpaired) electrons. The van der Waals surface area contributed by atoms with Gasteiger partial charge in [-0.1, -0.05) is 80.9 Å². The molecule has 5 rings (SSSR count). The van der Waals surface area contributed by atoms with Gasteiger partial charge in [0.05, 0.1) is 42.7 Å². The van der Waals surface area contributed by atoms with Gasteiger partial charge in [0.25, 0.3) is 0 Å². The van der Waals surface area contributed by atoms with Crippen molar-refractivity contribution in [2.45, 2.75) is 151 Å². The maximum atomic E-state index is 13.6. The lowest BCUT2D eigenvalue weighted by atomic mass is 9.33. The van der Waals surface area contributed by atoms with Crippen LogP contribution in [0, 0.1) is 62.1 Å². The molecule has 4 fully saturated rings. The fourth-order valence-electron chi connectivity index (χ4n) is 12.1. The number of ether oxygens (including phenoxy) is 2. The zero-order valence-corrected chi connectivity index (χ0v) is 31.5. The molecule has 0 bridgehead atoms. The van der Waals surface area contributed by atoms with E-state index < -0.39 is 58.7 Å². The van der Waals surface area contributed by atoms with E-state index in [1.54, 1.807) is 0 Å². The van der Waals surface area contributed by atoms with Crippen molar-refractivity contribution in [2.24, 2.45) is 62.1 Å². The van der Waals surface area contributed by atoms with E-state index in [0.29, 0.717) is 32.1 Å². The maximum absolute atomic E-state index is 13.6. The topological polar surface area (TPSA) is 134 Å². The van der Waals surface area contributed by atoms with E-state index in [0.717, 1.165) is 25.7 Å². The number of fused-ring (bicyclic) bond motifs is 7. The summed E-state index contributed by atoms with van der Waals surface area (Å²) in [6.07, 6.45) is 5.34. The van der Waals surface area contributed by atoms with Crippen molar-refractivity contribution in [3.05, 3.63) is 11.6 Å². The largest absolute Gasteiger partial charge is 0.458 e. The lowest BCUT2D eigenvalue weighted by Gasteiger charge is -2.72. The molecule has 0 aliphatic heterocycles. The molecule has 8 heteroatoms. The zero-order chi connectivity index (χ0) is 35.8. The summed E-state index contributed by atoms with van der Waals surface area (Å²) in [5.41, 5.74) is -1.86. The van der Waals surface area contributed by atoms with Crippen molar-refractivity contribution in [1.29, 1.82) is 0 Å². The number of aliphatic hydroxyl groups is 4. The molecule has 4 saturated carbocycles. The summed E-state index contributed by atoms with van der Waals surface area (Å²) in [7, 11) is 0. The first-order valence-electron chi connectivity index (χ1n) is 19.0. The van der Waals surface area contributed by atoms with Gasteiger partial charge in [0.15, 0.2) is 0 Å². The first-order valence-corrected chi connectivity index (χ1v) is 19.0. The Labute approximate surface area is 289 Å². The summed E-state index contributed by atoms with van der Waals surface area (Å²) >= 11 is 0. The Morgan fingerprint density at radius 3 is 1.94 bits per heavy atom. The van der Waals surface area contributed by atoms with Crippen LogP contribution in [0.2, 0.25) is 0 Å². The molecular weight excluding hydrogens is 608 g/mol. The molecule has 0 aromatic heterocycles. The summed E-state index contributed by atoms with van der Waals surface area (Å²) in [4.78, 5) is 27.0. The van der Waals surface area contributed by atoms with Crippen molar-refractivity contribution >= 4 is 11.9 Å². The van der Waals surface area contributed by atoms with Crippen molar-refractivity contribution < 1.29 is 39.5 Å². The van der Waals surface area contributed by atoms with Crippen LogP contribution < -0.4 is 0 Å². The second-order valence-electron chi connectivity index (χ2n) is 18.6. The van der Waals surface area contributed by atoms with E-state index >= 15 is 0 Å². The van der Waals surface area contributed by atoms with E-state index in [1.165, 1.54) is 5.57 Å². The third-order valence-corrected chi connectivity index (χ3v) is 16.0. The molecule has 4 N–H and O–H groups in total. The highest BCUT2D eigenvalue weighted by molar-refractivity contribution is 5.73. The molecule has 8 nitrogen and oxygen atoms in total. The normalized spacial score (nSPS) is 47.6. The minimum absolute atomic E-state index is 0.0371. The number of hydrogen-bond donors (Lipinski definition) is 4. The quantitative estimate of drug-likeness (QED) is 0.176. The molecule has 0 saturated heterocycles. The summed E-state index contributed by atoms with van der Waals surface area (Å²) < 4.78 is 12.7. The maximum Gasteiger partial charge on any atom is 0.309 e. The summed E-state index contributed by atoms with van der Waals surface area (Å²) in [5.74, 6) is -1.31. The fraction of sp³-hybridized carbons (Fsp3) is 0.900. The molecule has 274 valence electrons. The van der Waals surface area contributed by atoms with Crippen LogP contribution in [-0.4, -0.2) is 70.0 Å². The fourth-order valence-corrected chi connectivity index (χ4v) is 12.1. The van der Waals surface area contributed by atoms with E-state index in [9.17, 15) is 30.0 Å². The number of carbonyl (C=O) groups is 2. The van der Waals surface area contributed by atoms with Crippen LogP contribution in [0.15, 0.2) is 11.6 Å². The lowest BCUT2D eigenvalue weighted by molar-refractivity contribution is -0.269. The molecule has 14 unspecified atom stereocenters. The Hall–Kier alpha value is -1.48. The van der Waals surface area contributed by atoms with Gasteiger partial charge in [-0.15, -0.1) is 0 Å². The standard InChI is InChI=1S/C40H66O8/c1-11-23(3)33(45)47-31-32(48-34(46)24(4)12-2)40(22-42)26(19-35(31,5)6)25-13-14-28-36(7)17-16-29(43)37(8,21-41)27(36)15-18-38(28,9)39(25,10)20-30(40)44/h13,23-24,26-32,41-44H,11-12,14-22H2,1-10H3. The van der Waals surface area contributed by atoms with Crippen molar-refractivity contribution in [1.82, 2.24) is 0 Å². The summed E-state index contributed by atoms with van der Waals surface area (Å²) in [5, 5.41) is 45.8. The van der Waals surface area contributed by atoms with Crippen LogP contribution >= 0.6 is 0 Å². The Balaban J connectivity index is 1.63. The minimum Gasteiger partial charge on any atom is -0.458 e. The van der Waals surface area contributed by atoms with Gasteiger partial charge in [-0.05, 0) is 91.8 Å². The number of esters is 2. The van der Waals surface area contributed by atoms with Gasteiger partial charge in [0.2, 0.25) is 0 Å². The molecule has 0 aromatic rings. The van der Waals surface area contributed by atoms with Gasteiger partial charge >= 0.3 is 11.9 Å². The average molecular weight is 675 g/mol. The van der Waals surface area contributed by atoms with Crippen LogP contribution in [0.5, 0.6) is 0 Å². The predicted molar refractivity (Wildman–Crippen MR) is 184 cm³/mol. The molecule has 0 spiro atoms. The number of rotatable bonds is 8. The molecule has 48 heavy (non-hydrogen) atoms. The predicted octanol–water partition coefficient (Wildman–Crippen LogP) is 6.22. The zero-order valence-electron chi connectivity index (χ0n) is 31.5. The molecule has 14 atom stereocenters. The van der Waals surface area contributed by atoms with Gasteiger partial charge in [-0.2, -0.15) is 0 Å². The molecular formula is C40H66O8. The van der Waals surface area contributed by atoms with Crippen LogP contribution in [-0.2, 0) is 19.1 Å². The van der Waals surface area contributed by atoms with Gasteiger partial charge in [-0.25, -0.2) is 0 Å². The van der Waals surface area contributed by atoms with Crippen LogP contribution in [0.4, 0.5) is 0 Å². The minimum atomic E-state index is -1.24. The monoisotopic (exact) mass is 674 g/mol. The average Bonchev–Trinajstić information content (AvgIpc) is 3.03. The third-order valence-electron chi connectivity index (χ3n) is 16.0. The number of hydrogen-bond acceptors (Lipinski definition) is 8. The molecule has 0 heterocycles. The van der Waals surface area contributed by atoms with Crippen LogP contribution in [0.1, 0.15) is 127 Å². The third kappa shape index (κ3) is 5.10. The Morgan fingerprint density at radius 1 is 0.812 bits per heavy atom. The number of carbonyl (C=O) groups excluding carboxylic acids is 2. The SMILES string of the molecule is CCC(C)C(=O)OC1C(OC(=O)C(C)CC)C2(CO)C(O)CC3(C)C(=CCC4C5(C)CCC(O)C(C)(CO)C5CCC43C)C2CC1(C)C. The van der Waals surface area contributed by atoms with Crippen molar-refractivity contribution in [3.8, 4) is 0 Å². The smallest absolute Gasteiger partial charge is 0.309 e. The Kier molecular flexibility index (Phi) is 9.94. The van der Waals surface area contributed by atoms with E-state index in [4.69, 9.17) is 9.47 Å². The second-order valence-corrected chi connectivity index (χ2v) is 18.6. The highest BCUT2D eigenvalue weighted by Gasteiger charge is 2.73. The van der Waals surface area contributed by atoms with E-state index in [2.05, 4.69) is 47.6 Å². The van der Waals surface area contributed by atoms with Gasteiger partial charge in [0.1, 0.15) is 12.2 Å². The summed E-state index contributed by atoms with van der Waals surface area (Å²) in [6, 6.07) is 0. The van der Waals surface area contributed by atoms with E-state index in [-0.39, 0.29) is 53.0 Å². The van der Waals surface area contributed by atoms with Gasteiger partial charge in [0, 0.05) is 10.8 Å². The number of aliphatic hydroxyl groups excluding tert-OH is 4. The number of allylic oxidation sites excluding steroid dienone is 2. The molecule has 0 amide bonds. The van der Waals surface area contributed by atoms with Crippen molar-refractivity contribution in [2.75, 3.05) is 13.2 Å². The molecule has 0 aromatic carbocycles. The van der Waals surface area contributed by atoms with Gasteiger partial charge in [-0.3, -0.25) is 9.59 Å². The highest BCUT2D eigenvalue weighted by Crippen LogP contribution is 2.76. The van der Waals surface area contributed by atoms with Crippen LogP contribution in [0.25, 0.3) is 0 Å². The molecule has 5 aliphatic carbocycles. The van der Waals surface area contributed by atoms with Crippen LogP contribution in [0.3, 0.4) is 0 Å². The molecule has 5 aliphatic rings. The second kappa shape index (κ2) is 12.6. The van der Waals surface area contributed by atoms with E-state index in [1.807, 2.05) is 27.7 Å². The van der Waals surface area contributed by atoms with Crippen molar-refractivity contribution in [3.63, 3.8) is 0 Å².